The molecule has 1 N–H and O–H groups in total. The van der Waals surface area contributed by atoms with Crippen molar-refractivity contribution in [3.8, 4) is 6.07 Å². The van der Waals surface area contributed by atoms with Gasteiger partial charge in [-0.25, -0.2) is 9.18 Å². The van der Waals surface area contributed by atoms with E-state index < -0.39 is 11.8 Å². The number of aromatic carboxylic acids is 1. The minimum atomic E-state index is -1.02. The maximum Gasteiger partial charge on any atom is 0.339 e. The van der Waals surface area contributed by atoms with E-state index in [1.807, 2.05) is 0 Å². The summed E-state index contributed by atoms with van der Waals surface area (Å²) in [5.74, 6) is -1.60. The van der Waals surface area contributed by atoms with Gasteiger partial charge in [0.25, 0.3) is 0 Å². The van der Waals surface area contributed by atoms with E-state index in [4.69, 9.17) is 10.4 Å². The lowest BCUT2D eigenvalue weighted by atomic mass is 10.1. The standard InChI is InChI=1S/C14H12FN3O2/c1-8-13(14(19)20)9(2)18(17-8)7-10-3-4-12(15)11(5-10)6-16/h3-5H,7H2,1-2H3,(H,19,20). The van der Waals surface area contributed by atoms with Gasteiger partial charge in [-0.15, -0.1) is 0 Å². The Bertz CT molecular complexity index is 729. The highest BCUT2D eigenvalue weighted by Gasteiger charge is 2.17. The maximum absolute atomic E-state index is 13.2. The van der Waals surface area contributed by atoms with Crippen LogP contribution in [0.2, 0.25) is 0 Å². The second-order valence-corrected chi connectivity index (χ2v) is 4.43. The van der Waals surface area contributed by atoms with Crippen LogP contribution in [0, 0.1) is 31.0 Å². The van der Waals surface area contributed by atoms with Crippen molar-refractivity contribution in [1.29, 1.82) is 5.26 Å². The summed E-state index contributed by atoms with van der Waals surface area (Å²) in [5, 5.41) is 22.1. The SMILES string of the molecule is Cc1nn(Cc2ccc(F)c(C#N)c2)c(C)c1C(=O)O. The molecule has 0 spiro atoms. The van der Waals surface area contributed by atoms with Crippen LogP contribution in [0.3, 0.4) is 0 Å². The van der Waals surface area contributed by atoms with Gasteiger partial charge in [-0.2, -0.15) is 10.4 Å². The van der Waals surface area contributed by atoms with Crippen LogP contribution < -0.4 is 0 Å². The second-order valence-electron chi connectivity index (χ2n) is 4.43. The zero-order valence-electron chi connectivity index (χ0n) is 11.0. The fraction of sp³-hybridized carbons (Fsp3) is 0.214. The first-order chi connectivity index (χ1) is 9.43. The van der Waals surface area contributed by atoms with Crippen LogP contribution in [0.25, 0.3) is 0 Å². The van der Waals surface area contributed by atoms with Gasteiger partial charge in [0.15, 0.2) is 0 Å². The Labute approximate surface area is 114 Å². The number of aromatic nitrogens is 2. The van der Waals surface area contributed by atoms with Crippen molar-refractivity contribution < 1.29 is 14.3 Å². The molecule has 0 aliphatic carbocycles. The molecule has 0 saturated carbocycles. The van der Waals surface area contributed by atoms with Crippen LogP contribution in [0.5, 0.6) is 0 Å². The molecule has 20 heavy (non-hydrogen) atoms. The lowest BCUT2D eigenvalue weighted by molar-refractivity contribution is 0.0695. The molecule has 0 bridgehead atoms. The normalized spacial score (nSPS) is 10.3. The monoisotopic (exact) mass is 273 g/mol. The summed E-state index contributed by atoms with van der Waals surface area (Å²) in [6.07, 6.45) is 0. The molecule has 0 saturated heterocycles. The quantitative estimate of drug-likeness (QED) is 0.930. The Balaban J connectivity index is 2.39. The summed E-state index contributed by atoms with van der Waals surface area (Å²) in [6, 6.07) is 5.98. The largest absolute Gasteiger partial charge is 0.478 e. The number of carboxylic acid groups (broad SMARTS) is 1. The highest BCUT2D eigenvalue weighted by Crippen LogP contribution is 2.16. The minimum Gasteiger partial charge on any atom is -0.478 e. The van der Waals surface area contributed by atoms with Gasteiger partial charge in [0.2, 0.25) is 0 Å². The van der Waals surface area contributed by atoms with Gasteiger partial charge in [0.05, 0.1) is 23.5 Å². The van der Waals surface area contributed by atoms with Gasteiger partial charge >= 0.3 is 5.97 Å². The third kappa shape index (κ3) is 2.38. The zero-order valence-corrected chi connectivity index (χ0v) is 11.0. The molecule has 5 nitrogen and oxygen atoms in total. The van der Waals surface area contributed by atoms with Gasteiger partial charge in [-0.1, -0.05) is 6.07 Å². The van der Waals surface area contributed by atoms with E-state index in [2.05, 4.69) is 5.10 Å². The number of aryl methyl sites for hydroxylation is 1. The number of carbonyl (C=O) groups is 1. The van der Waals surface area contributed by atoms with E-state index >= 15 is 0 Å². The predicted molar refractivity (Wildman–Crippen MR) is 68.9 cm³/mol. The van der Waals surface area contributed by atoms with Gasteiger partial charge in [0, 0.05) is 0 Å². The molecule has 102 valence electrons. The van der Waals surface area contributed by atoms with Crippen LogP contribution in [-0.2, 0) is 6.54 Å². The summed E-state index contributed by atoms with van der Waals surface area (Å²) < 4.78 is 14.8. The lowest BCUT2D eigenvalue weighted by Gasteiger charge is -2.05. The van der Waals surface area contributed by atoms with Crippen molar-refractivity contribution in [2.75, 3.05) is 0 Å². The summed E-state index contributed by atoms with van der Waals surface area (Å²) >= 11 is 0. The molecule has 2 rings (SSSR count). The molecule has 0 unspecified atom stereocenters. The molecule has 0 aliphatic heterocycles. The van der Waals surface area contributed by atoms with Crippen LogP contribution in [0.4, 0.5) is 4.39 Å². The zero-order chi connectivity index (χ0) is 14.9. The van der Waals surface area contributed by atoms with E-state index in [0.29, 0.717) is 17.0 Å². The van der Waals surface area contributed by atoms with Crippen molar-refractivity contribution in [1.82, 2.24) is 9.78 Å². The summed E-state index contributed by atoms with van der Waals surface area (Å²) in [7, 11) is 0. The van der Waals surface area contributed by atoms with Gasteiger partial charge < -0.3 is 5.11 Å². The van der Waals surface area contributed by atoms with Crippen molar-refractivity contribution in [3.05, 3.63) is 52.1 Å². The Morgan fingerprint density at radius 1 is 1.50 bits per heavy atom. The predicted octanol–water partition coefficient (Wildman–Crippen LogP) is 2.26. The molecule has 0 amide bonds. The van der Waals surface area contributed by atoms with E-state index in [9.17, 15) is 9.18 Å². The highest BCUT2D eigenvalue weighted by atomic mass is 19.1. The number of nitrogens with zero attached hydrogens (tertiary/aromatic N) is 3. The number of benzene rings is 1. The number of hydrogen-bond acceptors (Lipinski definition) is 3. The second kappa shape index (κ2) is 5.13. The summed E-state index contributed by atoms with van der Waals surface area (Å²) in [5.41, 5.74) is 1.77. The number of halogens is 1. The molecular weight excluding hydrogens is 261 g/mol. The Hall–Kier alpha value is -2.68. The average Bonchev–Trinajstić information content (AvgIpc) is 2.66. The molecule has 0 atom stereocenters. The number of hydrogen-bond donors (Lipinski definition) is 1. The van der Waals surface area contributed by atoms with E-state index in [-0.39, 0.29) is 17.7 Å². The Morgan fingerprint density at radius 2 is 2.20 bits per heavy atom. The smallest absolute Gasteiger partial charge is 0.339 e. The van der Waals surface area contributed by atoms with Crippen molar-refractivity contribution in [3.63, 3.8) is 0 Å². The van der Waals surface area contributed by atoms with E-state index in [1.165, 1.54) is 16.8 Å². The van der Waals surface area contributed by atoms with Gasteiger partial charge in [-0.3, -0.25) is 4.68 Å². The maximum atomic E-state index is 13.2. The molecule has 2 aromatic rings. The molecular formula is C14H12FN3O2. The number of carboxylic acids is 1. The van der Waals surface area contributed by atoms with Gasteiger partial charge in [0.1, 0.15) is 17.4 Å². The molecule has 1 aromatic heterocycles. The Morgan fingerprint density at radius 3 is 2.75 bits per heavy atom. The fourth-order valence-electron chi connectivity index (χ4n) is 2.09. The molecule has 1 heterocycles. The lowest BCUT2D eigenvalue weighted by Crippen LogP contribution is -2.06. The van der Waals surface area contributed by atoms with Crippen LogP contribution in [0.1, 0.15) is 32.9 Å². The van der Waals surface area contributed by atoms with Crippen molar-refractivity contribution in [2.45, 2.75) is 20.4 Å². The average molecular weight is 273 g/mol. The molecule has 6 heteroatoms. The number of rotatable bonds is 3. The number of nitriles is 1. The first-order valence-electron chi connectivity index (χ1n) is 5.90. The fourth-order valence-corrected chi connectivity index (χ4v) is 2.09. The first-order valence-corrected chi connectivity index (χ1v) is 5.90. The molecule has 0 fully saturated rings. The molecule has 1 aromatic carbocycles. The third-order valence-electron chi connectivity index (χ3n) is 3.08. The van der Waals surface area contributed by atoms with Crippen molar-refractivity contribution in [2.24, 2.45) is 0 Å². The van der Waals surface area contributed by atoms with Gasteiger partial charge in [-0.05, 0) is 31.5 Å². The Kier molecular flexibility index (Phi) is 3.53. The summed E-state index contributed by atoms with van der Waals surface area (Å²) in [6.45, 7) is 3.57. The minimum absolute atomic E-state index is 0.0394. The first kappa shape index (κ1) is 13.7. The summed E-state index contributed by atoms with van der Waals surface area (Å²) in [4.78, 5) is 11.1. The van der Waals surface area contributed by atoms with Crippen molar-refractivity contribution >= 4 is 5.97 Å². The molecule has 0 radical (unpaired) electrons. The van der Waals surface area contributed by atoms with E-state index in [1.54, 1.807) is 26.0 Å². The van der Waals surface area contributed by atoms with Crippen LogP contribution in [-0.4, -0.2) is 20.9 Å². The topological polar surface area (TPSA) is 78.9 Å². The molecule has 0 aliphatic rings. The highest BCUT2D eigenvalue weighted by molar-refractivity contribution is 5.90. The van der Waals surface area contributed by atoms with E-state index in [0.717, 1.165) is 0 Å². The third-order valence-corrected chi connectivity index (χ3v) is 3.08. The van der Waals surface area contributed by atoms with Crippen LogP contribution >= 0.6 is 0 Å². The van der Waals surface area contributed by atoms with Crippen LogP contribution in [0.15, 0.2) is 18.2 Å².